The average Bonchev–Trinajstić information content (AvgIpc) is 2.49. The van der Waals surface area contributed by atoms with Gasteiger partial charge in [0.15, 0.2) is 0 Å². The molecule has 1 aromatic carbocycles. The lowest BCUT2D eigenvalue weighted by molar-refractivity contribution is 0.103. The van der Waals surface area contributed by atoms with Crippen LogP contribution >= 0.6 is 15.9 Å². The lowest BCUT2D eigenvalue weighted by Gasteiger charge is -2.29. The van der Waals surface area contributed by atoms with Crippen LogP contribution < -0.4 is 0 Å². The number of aromatic nitrogens is 1. The summed E-state index contributed by atoms with van der Waals surface area (Å²) in [6, 6.07) is 12.2. The molecule has 2 aromatic rings. The third-order valence-electron chi connectivity index (χ3n) is 3.70. The van der Waals surface area contributed by atoms with Crippen LogP contribution in [0, 0.1) is 0 Å². The second-order valence-corrected chi connectivity index (χ2v) is 6.13. The molecular formula is C17H21BrN2O. The molecule has 0 aliphatic rings. The summed E-state index contributed by atoms with van der Waals surface area (Å²) in [7, 11) is 2.05. The van der Waals surface area contributed by atoms with E-state index >= 15 is 0 Å². The number of hydrogen-bond donors (Lipinski definition) is 1. The predicted octanol–water partition coefficient (Wildman–Crippen LogP) is 3.96. The van der Waals surface area contributed by atoms with Crippen molar-refractivity contribution in [1.82, 2.24) is 9.88 Å². The molecular weight excluding hydrogens is 328 g/mol. The maximum Gasteiger partial charge on any atom is 0.0917 e. The summed E-state index contributed by atoms with van der Waals surface area (Å²) in [5.74, 6) is 0. The van der Waals surface area contributed by atoms with Gasteiger partial charge in [-0.15, -0.1) is 0 Å². The first-order valence-corrected chi connectivity index (χ1v) is 7.94. The van der Waals surface area contributed by atoms with Gasteiger partial charge >= 0.3 is 0 Å². The normalized spacial score (nSPS) is 14.1. The van der Waals surface area contributed by atoms with Crippen molar-refractivity contribution < 1.29 is 5.11 Å². The maximum atomic E-state index is 10.4. The molecule has 3 nitrogen and oxygen atoms in total. The highest BCUT2D eigenvalue weighted by atomic mass is 79.9. The van der Waals surface area contributed by atoms with Gasteiger partial charge in [-0.3, -0.25) is 9.88 Å². The van der Waals surface area contributed by atoms with Gasteiger partial charge in [0.1, 0.15) is 0 Å². The molecule has 21 heavy (non-hydrogen) atoms. The van der Waals surface area contributed by atoms with Gasteiger partial charge in [0.25, 0.3) is 0 Å². The average molecular weight is 349 g/mol. The number of likely N-dealkylation sites (N-methyl/N-ethyl adjacent to an activating group) is 1. The van der Waals surface area contributed by atoms with Crippen LogP contribution in [0.15, 0.2) is 53.3 Å². The van der Waals surface area contributed by atoms with Crippen molar-refractivity contribution in [3.05, 3.63) is 64.4 Å². The second-order valence-electron chi connectivity index (χ2n) is 5.21. The van der Waals surface area contributed by atoms with E-state index in [1.807, 2.05) is 48.8 Å². The lowest BCUT2D eigenvalue weighted by Crippen LogP contribution is -2.29. The summed E-state index contributed by atoms with van der Waals surface area (Å²) in [5, 5.41) is 10.4. The zero-order chi connectivity index (χ0) is 15.2. The zero-order valence-corrected chi connectivity index (χ0v) is 14.0. The molecule has 2 rings (SSSR count). The van der Waals surface area contributed by atoms with Crippen LogP contribution in [0.3, 0.4) is 0 Å². The highest BCUT2D eigenvalue weighted by molar-refractivity contribution is 9.10. The Morgan fingerprint density at radius 1 is 1.19 bits per heavy atom. The van der Waals surface area contributed by atoms with Crippen molar-refractivity contribution >= 4 is 15.9 Å². The Morgan fingerprint density at radius 3 is 2.52 bits per heavy atom. The minimum atomic E-state index is -0.497. The van der Waals surface area contributed by atoms with E-state index in [9.17, 15) is 5.11 Å². The minimum Gasteiger partial charge on any atom is -0.387 e. The van der Waals surface area contributed by atoms with E-state index in [0.717, 1.165) is 16.5 Å². The topological polar surface area (TPSA) is 36.4 Å². The molecule has 0 aliphatic heterocycles. The van der Waals surface area contributed by atoms with Gasteiger partial charge in [-0.05, 0) is 48.9 Å². The van der Waals surface area contributed by atoms with Crippen molar-refractivity contribution in [3.8, 4) is 0 Å². The predicted molar refractivity (Wildman–Crippen MR) is 89.0 cm³/mol. The molecule has 1 N–H and O–H groups in total. The van der Waals surface area contributed by atoms with E-state index < -0.39 is 6.10 Å². The smallest absolute Gasteiger partial charge is 0.0917 e. The summed E-state index contributed by atoms with van der Waals surface area (Å²) in [6.45, 7) is 2.75. The molecule has 0 radical (unpaired) electrons. The molecule has 0 spiro atoms. The Labute approximate surface area is 134 Å². The molecule has 0 saturated heterocycles. The van der Waals surface area contributed by atoms with Gasteiger partial charge in [-0.1, -0.05) is 35.0 Å². The quantitative estimate of drug-likeness (QED) is 0.858. The van der Waals surface area contributed by atoms with E-state index in [-0.39, 0.29) is 6.04 Å². The highest BCUT2D eigenvalue weighted by Crippen LogP contribution is 2.25. The van der Waals surface area contributed by atoms with Crippen LogP contribution in [0.2, 0.25) is 0 Å². The molecule has 0 bridgehead atoms. The summed E-state index contributed by atoms with van der Waals surface area (Å²) in [4.78, 5) is 6.26. The fraction of sp³-hybridized carbons (Fsp3) is 0.353. The largest absolute Gasteiger partial charge is 0.387 e. The number of aliphatic hydroxyl groups is 1. The molecule has 1 aromatic heterocycles. The summed E-state index contributed by atoms with van der Waals surface area (Å²) >= 11 is 3.44. The van der Waals surface area contributed by atoms with E-state index in [4.69, 9.17) is 0 Å². The van der Waals surface area contributed by atoms with Crippen LogP contribution in [0.1, 0.15) is 36.6 Å². The minimum absolute atomic E-state index is 0.287. The molecule has 4 heteroatoms. The first-order valence-electron chi connectivity index (χ1n) is 7.15. The molecule has 0 amide bonds. The Balaban J connectivity index is 2.07. The van der Waals surface area contributed by atoms with Crippen LogP contribution in [-0.4, -0.2) is 28.6 Å². The monoisotopic (exact) mass is 348 g/mol. The highest BCUT2D eigenvalue weighted by Gasteiger charge is 2.18. The molecule has 0 saturated carbocycles. The standard InChI is InChI=1S/C17H21BrN2O/c1-3-16(13-7-9-19-10-8-13)20(2)12-17(21)14-5-4-6-15(18)11-14/h4-11,16-17,21H,3,12H2,1-2H3. The van der Waals surface area contributed by atoms with Gasteiger partial charge in [0, 0.05) is 29.5 Å². The number of halogens is 1. The van der Waals surface area contributed by atoms with E-state index in [0.29, 0.717) is 6.54 Å². The first kappa shape index (κ1) is 16.1. The van der Waals surface area contributed by atoms with Gasteiger partial charge in [-0.2, -0.15) is 0 Å². The van der Waals surface area contributed by atoms with Gasteiger partial charge in [0.05, 0.1) is 6.10 Å². The Kier molecular flexibility index (Phi) is 5.91. The molecule has 0 aliphatic carbocycles. The second kappa shape index (κ2) is 7.69. The van der Waals surface area contributed by atoms with Crippen LogP contribution in [0.4, 0.5) is 0 Å². The lowest BCUT2D eigenvalue weighted by atomic mass is 10.0. The Hall–Kier alpha value is -1.23. The van der Waals surface area contributed by atoms with Crippen LogP contribution in [-0.2, 0) is 0 Å². The van der Waals surface area contributed by atoms with Gasteiger partial charge < -0.3 is 5.11 Å². The maximum absolute atomic E-state index is 10.4. The van der Waals surface area contributed by atoms with Crippen molar-refractivity contribution in [2.75, 3.05) is 13.6 Å². The van der Waals surface area contributed by atoms with Crippen LogP contribution in [0.25, 0.3) is 0 Å². The van der Waals surface area contributed by atoms with Gasteiger partial charge in [-0.25, -0.2) is 0 Å². The van der Waals surface area contributed by atoms with Crippen molar-refractivity contribution in [2.45, 2.75) is 25.5 Å². The Bertz CT molecular complexity index is 562. The molecule has 1 heterocycles. The molecule has 112 valence electrons. The van der Waals surface area contributed by atoms with E-state index in [2.05, 4.69) is 39.8 Å². The van der Waals surface area contributed by atoms with Crippen molar-refractivity contribution in [3.63, 3.8) is 0 Å². The first-order chi connectivity index (χ1) is 10.1. The summed E-state index contributed by atoms with van der Waals surface area (Å²) in [5.41, 5.74) is 2.16. The van der Waals surface area contributed by atoms with E-state index in [1.165, 1.54) is 5.56 Å². The van der Waals surface area contributed by atoms with E-state index in [1.54, 1.807) is 0 Å². The number of nitrogens with zero attached hydrogens (tertiary/aromatic N) is 2. The molecule has 2 atom stereocenters. The zero-order valence-electron chi connectivity index (χ0n) is 12.4. The SMILES string of the molecule is CCC(c1ccncc1)N(C)CC(O)c1cccc(Br)c1. The number of rotatable bonds is 6. The number of aliphatic hydroxyl groups excluding tert-OH is 1. The number of benzene rings is 1. The molecule has 2 unspecified atom stereocenters. The summed E-state index contributed by atoms with van der Waals surface area (Å²) < 4.78 is 0.989. The van der Waals surface area contributed by atoms with Crippen LogP contribution in [0.5, 0.6) is 0 Å². The van der Waals surface area contributed by atoms with Crippen molar-refractivity contribution in [1.29, 1.82) is 0 Å². The number of pyridine rings is 1. The summed E-state index contributed by atoms with van der Waals surface area (Å²) in [6.07, 6.45) is 4.13. The Morgan fingerprint density at radius 2 is 1.90 bits per heavy atom. The third kappa shape index (κ3) is 4.37. The fourth-order valence-corrected chi connectivity index (χ4v) is 3.02. The third-order valence-corrected chi connectivity index (χ3v) is 4.20. The number of hydrogen-bond acceptors (Lipinski definition) is 3. The fourth-order valence-electron chi connectivity index (χ4n) is 2.61. The van der Waals surface area contributed by atoms with Gasteiger partial charge in [0.2, 0.25) is 0 Å². The van der Waals surface area contributed by atoms with Crippen molar-refractivity contribution in [2.24, 2.45) is 0 Å². The molecule has 0 fully saturated rings.